The van der Waals surface area contributed by atoms with E-state index in [1.165, 1.54) is 0 Å². The number of benzene rings is 2. The minimum atomic E-state index is -0.889. The Bertz CT molecular complexity index is 659. The molecule has 0 amide bonds. The summed E-state index contributed by atoms with van der Waals surface area (Å²) in [6.07, 6.45) is 0. The van der Waals surface area contributed by atoms with Crippen LogP contribution in [-0.2, 0) is 0 Å². The highest BCUT2D eigenvalue weighted by Crippen LogP contribution is 2.30. The molecule has 21 heavy (non-hydrogen) atoms. The first-order valence-electron chi connectivity index (χ1n) is 7.32. The zero-order valence-corrected chi connectivity index (χ0v) is 13.1. The lowest BCUT2D eigenvalue weighted by molar-refractivity contribution is 0.0699. The summed E-state index contributed by atoms with van der Waals surface area (Å²) in [5.74, 6) is -0.324. The van der Waals surface area contributed by atoms with Gasteiger partial charge in [0.05, 0.1) is 5.56 Å². The predicted molar refractivity (Wildman–Crippen MR) is 88.0 cm³/mol. The summed E-state index contributed by atoms with van der Waals surface area (Å²) in [7, 11) is 0. The van der Waals surface area contributed by atoms with Crippen LogP contribution in [-0.4, -0.2) is 17.6 Å². The zero-order chi connectivity index (χ0) is 15.6. The van der Waals surface area contributed by atoms with E-state index < -0.39 is 5.97 Å². The quantitative estimate of drug-likeness (QED) is 0.842. The third-order valence-electron chi connectivity index (χ3n) is 4.45. The van der Waals surface area contributed by atoms with Gasteiger partial charge in [0.15, 0.2) is 0 Å². The monoisotopic (exact) mass is 285 g/mol. The molecule has 112 valence electrons. The van der Waals surface area contributed by atoms with E-state index in [1.807, 2.05) is 30.3 Å². The molecule has 0 saturated heterocycles. The van der Waals surface area contributed by atoms with Gasteiger partial charge >= 0.3 is 5.97 Å². The number of anilines is 1. The van der Waals surface area contributed by atoms with E-state index in [9.17, 15) is 9.90 Å². The molecule has 0 atom stereocenters. The normalized spacial score (nSPS) is 11.9. The van der Waals surface area contributed by atoms with Crippen LogP contribution in [0, 0.1) is 11.3 Å². The van der Waals surface area contributed by atoms with E-state index in [0.717, 1.165) is 23.0 Å². The molecule has 0 saturated carbocycles. The lowest BCUT2D eigenvalue weighted by Crippen LogP contribution is -2.28. The Hall–Kier alpha value is -2.03. The van der Waals surface area contributed by atoms with Gasteiger partial charge in [0.2, 0.25) is 0 Å². The molecule has 0 aliphatic carbocycles. The van der Waals surface area contributed by atoms with E-state index in [0.29, 0.717) is 11.5 Å². The van der Waals surface area contributed by atoms with Crippen LogP contribution in [0.1, 0.15) is 38.1 Å². The largest absolute Gasteiger partial charge is 0.478 e. The van der Waals surface area contributed by atoms with Gasteiger partial charge < -0.3 is 10.4 Å². The fraction of sp³-hybridized carbons (Fsp3) is 0.389. The van der Waals surface area contributed by atoms with Gasteiger partial charge in [0, 0.05) is 17.6 Å². The summed E-state index contributed by atoms with van der Waals surface area (Å²) >= 11 is 0. The molecule has 0 bridgehead atoms. The zero-order valence-electron chi connectivity index (χ0n) is 13.1. The van der Waals surface area contributed by atoms with Gasteiger partial charge in [-0.15, -0.1) is 0 Å². The summed E-state index contributed by atoms with van der Waals surface area (Å²) in [6.45, 7) is 9.75. The number of fused-ring (bicyclic) bond motifs is 1. The Kier molecular flexibility index (Phi) is 4.21. The first-order chi connectivity index (χ1) is 9.83. The van der Waals surface area contributed by atoms with Crippen LogP contribution in [0.15, 0.2) is 36.4 Å². The summed E-state index contributed by atoms with van der Waals surface area (Å²) in [5, 5.41) is 14.5. The van der Waals surface area contributed by atoms with Gasteiger partial charge in [0.25, 0.3) is 0 Å². The van der Waals surface area contributed by atoms with Gasteiger partial charge in [-0.1, -0.05) is 52.0 Å². The highest BCUT2D eigenvalue weighted by molar-refractivity contribution is 6.07. The molecule has 2 aromatic rings. The molecular weight excluding hydrogens is 262 g/mol. The van der Waals surface area contributed by atoms with E-state index in [1.54, 1.807) is 6.07 Å². The fourth-order valence-corrected chi connectivity index (χ4v) is 2.17. The van der Waals surface area contributed by atoms with Crippen molar-refractivity contribution in [2.24, 2.45) is 11.3 Å². The van der Waals surface area contributed by atoms with Gasteiger partial charge in [-0.05, 0) is 28.9 Å². The minimum absolute atomic E-state index is 0.173. The number of hydrogen-bond donors (Lipinski definition) is 2. The molecule has 0 heterocycles. The predicted octanol–water partition coefficient (Wildman–Crippen LogP) is 4.63. The fourth-order valence-electron chi connectivity index (χ4n) is 2.17. The lowest BCUT2D eigenvalue weighted by atomic mass is 9.81. The highest BCUT2D eigenvalue weighted by atomic mass is 16.4. The maximum atomic E-state index is 11.3. The van der Waals surface area contributed by atoms with Crippen molar-refractivity contribution in [1.82, 2.24) is 0 Å². The van der Waals surface area contributed by atoms with Crippen LogP contribution in [0.3, 0.4) is 0 Å². The van der Waals surface area contributed by atoms with Crippen LogP contribution in [0.25, 0.3) is 10.8 Å². The Labute approximate surface area is 126 Å². The van der Waals surface area contributed by atoms with Gasteiger partial charge in [-0.3, -0.25) is 0 Å². The Morgan fingerprint density at radius 2 is 1.76 bits per heavy atom. The first-order valence-corrected chi connectivity index (χ1v) is 7.32. The molecule has 2 aromatic carbocycles. The number of nitrogens with one attached hydrogen (secondary N) is 1. The molecule has 2 rings (SSSR count). The molecule has 2 N–H and O–H groups in total. The molecule has 0 aromatic heterocycles. The summed E-state index contributed by atoms with van der Waals surface area (Å²) in [5.41, 5.74) is 1.51. The number of rotatable bonds is 5. The van der Waals surface area contributed by atoms with Crippen molar-refractivity contribution in [3.8, 4) is 0 Å². The van der Waals surface area contributed by atoms with Crippen molar-refractivity contribution >= 4 is 22.4 Å². The number of carboxylic acid groups (broad SMARTS) is 1. The number of aromatic carboxylic acids is 1. The van der Waals surface area contributed by atoms with Gasteiger partial charge in [-0.25, -0.2) is 4.79 Å². The lowest BCUT2D eigenvalue weighted by Gasteiger charge is -2.30. The number of hydrogen-bond acceptors (Lipinski definition) is 2. The molecule has 0 radical (unpaired) electrons. The van der Waals surface area contributed by atoms with E-state index in [4.69, 9.17) is 0 Å². The second-order valence-electron chi connectivity index (χ2n) is 6.51. The third-order valence-corrected chi connectivity index (χ3v) is 4.45. The Morgan fingerprint density at radius 1 is 1.14 bits per heavy atom. The van der Waals surface area contributed by atoms with Gasteiger partial charge in [-0.2, -0.15) is 0 Å². The van der Waals surface area contributed by atoms with Crippen LogP contribution in [0.5, 0.6) is 0 Å². The van der Waals surface area contributed by atoms with Crippen LogP contribution >= 0.6 is 0 Å². The van der Waals surface area contributed by atoms with Crippen LogP contribution in [0.2, 0.25) is 0 Å². The second-order valence-corrected chi connectivity index (χ2v) is 6.51. The van der Waals surface area contributed by atoms with Crippen molar-refractivity contribution in [1.29, 1.82) is 0 Å². The van der Waals surface area contributed by atoms with Crippen LogP contribution < -0.4 is 5.32 Å². The SMILES string of the molecule is CC(C)C(C)(C)CNc1ccc(C(=O)O)c2ccccc12. The van der Waals surface area contributed by atoms with Crippen molar-refractivity contribution < 1.29 is 9.90 Å². The van der Waals surface area contributed by atoms with E-state index in [-0.39, 0.29) is 5.41 Å². The molecule has 0 spiro atoms. The third kappa shape index (κ3) is 3.18. The van der Waals surface area contributed by atoms with E-state index in [2.05, 4.69) is 33.0 Å². The molecule has 3 heteroatoms. The van der Waals surface area contributed by atoms with Crippen molar-refractivity contribution in [3.63, 3.8) is 0 Å². The summed E-state index contributed by atoms with van der Waals surface area (Å²) in [4.78, 5) is 11.3. The number of carbonyl (C=O) groups is 1. The molecule has 3 nitrogen and oxygen atoms in total. The summed E-state index contributed by atoms with van der Waals surface area (Å²) in [6, 6.07) is 11.2. The minimum Gasteiger partial charge on any atom is -0.478 e. The number of carboxylic acids is 1. The Balaban J connectivity index is 2.38. The smallest absolute Gasteiger partial charge is 0.336 e. The standard InChI is InChI=1S/C18H23NO2/c1-12(2)18(3,4)11-19-16-10-9-15(17(20)21)13-7-5-6-8-14(13)16/h5-10,12,19H,11H2,1-4H3,(H,20,21). The van der Waals surface area contributed by atoms with Crippen LogP contribution in [0.4, 0.5) is 5.69 Å². The maximum Gasteiger partial charge on any atom is 0.336 e. The molecular formula is C18H23NO2. The topological polar surface area (TPSA) is 49.3 Å². The van der Waals surface area contributed by atoms with Gasteiger partial charge in [0.1, 0.15) is 0 Å². The van der Waals surface area contributed by atoms with Crippen molar-refractivity contribution in [3.05, 3.63) is 42.0 Å². The average molecular weight is 285 g/mol. The molecule has 0 unspecified atom stereocenters. The average Bonchev–Trinajstić information content (AvgIpc) is 2.44. The summed E-state index contributed by atoms with van der Waals surface area (Å²) < 4.78 is 0. The van der Waals surface area contributed by atoms with E-state index >= 15 is 0 Å². The first kappa shape index (κ1) is 15.4. The molecule has 0 fully saturated rings. The molecule has 0 aliphatic rings. The second kappa shape index (κ2) is 5.76. The highest BCUT2D eigenvalue weighted by Gasteiger charge is 2.22. The van der Waals surface area contributed by atoms with Crippen molar-refractivity contribution in [2.45, 2.75) is 27.7 Å². The maximum absolute atomic E-state index is 11.3. The molecule has 0 aliphatic heterocycles. The Morgan fingerprint density at radius 3 is 2.33 bits per heavy atom. The van der Waals surface area contributed by atoms with Crippen molar-refractivity contribution in [2.75, 3.05) is 11.9 Å².